The molecule has 0 spiro atoms. The number of hydrogen-bond acceptors (Lipinski definition) is 6. The maximum Gasteiger partial charge on any atom is 0.274 e. The summed E-state index contributed by atoms with van der Waals surface area (Å²) in [6.45, 7) is 4.29. The molecule has 2 heterocycles. The molecule has 33 heavy (non-hydrogen) atoms. The molecule has 10 heteroatoms. The number of ether oxygens (including phenoxy) is 1. The third-order valence-corrected chi connectivity index (χ3v) is 8.75. The molecule has 1 aliphatic heterocycles. The van der Waals surface area contributed by atoms with Gasteiger partial charge in [0.1, 0.15) is 17.4 Å². The highest BCUT2D eigenvalue weighted by atomic mass is 32.2. The van der Waals surface area contributed by atoms with Crippen molar-refractivity contribution in [2.45, 2.75) is 49.4 Å². The van der Waals surface area contributed by atoms with Gasteiger partial charge in [0.15, 0.2) is 15.7 Å². The summed E-state index contributed by atoms with van der Waals surface area (Å²) in [4.78, 5) is 18.8. The van der Waals surface area contributed by atoms with Crippen LogP contribution in [0.1, 0.15) is 32.3 Å². The summed E-state index contributed by atoms with van der Waals surface area (Å²) in [5.41, 5.74) is 0.848. The predicted molar refractivity (Wildman–Crippen MR) is 122 cm³/mol. The molecule has 2 aromatic carbocycles. The van der Waals surface area contributed by atoms with Crippen molar-refractivity contribution < 1.29 is 26.7 Å². The van der Waals surface area contributed by atoms with Crippen LogP contribution in [0.4, 0.5) is 8.78 Å². The lowest BCUT2D eigenvalue weighted by Gasteiger charge is -2.31. The number of nitrogens with zero attached hydrogens (tertiary/aromatic N) is 2. The van der Waals surface area contributed by atoms with E-state index < -0.39 is 26.7 Å². The van der Waals surface area contributed by atoms with Crippen molar-refractivity contribution in [3.05, 3.63) is 53.6 Å². The lowest BCUT2D eigenvalue weighted by atomic mass is 10.1. The molecule has 0 N–H and O–H groups in total. The first-order valence-corrected chi connectivity index (χ1v) is 13.0. The highest BCUT2D eigenvalue weighted by Gasteiger charge is 2.25. The summed E-state index contributed by atoms with van der Waals surface area (Å²) in [5.74, 6) is -1.41. The summed E-state index contributed by atoms with van der Waals surface area (Å²) in [5, 5.41) is -0.216. The minimum Gasteiger partial charge on any atom is -0.467 e. The van der Waals surface area contributed by atoms with Crippen LogP contribution < -0.4 is 4.74 Å². The Morgan fingerprint density at radius 3 is 2.48 bits per heavy atom. The first-order chi connectivity index (χ1) is 15.6. The van der Waals surface area contributed by atoms with Gasteiger partial charge in [0.2, 0.25) is 5.91 Å². The third-order valence-electron chi connectivity index (χ3n) is 5.68. The normalized spacial score (nSPS) is 15.4. The molecule has 0 radical (unpaired) electrons. The topological polar surface area (TPSA) is 76.6 Å². The lowest BCUT2D eigenvalue weighted by Crippen LogP contribution is -2.42. The molecule has 1 aliphatic rings. The number of benzene rings is 2. The maximum atomic E-state index is 13.8. The van der Waals surface area contributed by atoms with Gasteiger partial charge in [-0.3, -0.25) is 4.79 Å². The molecule has 3 aromatic rings. The SMILES string of the molecule is CC(C)S(=O)(=O)c1ccc(CC(=O)N2CCC(Oc3nc4c(F)cc(F)cc4s3)CC2)cc1. The van der Waals surface area contributed by atoms with Crippen molar-refractivity contribution in [1.82, 2.24) is 9.88 Å². The van der Waals surface area contributed by atoms with Crippen LogP contribution in [0.2, 0.25) is 0 Å². The van der Waals surface area contributed by atoms with Gasteiger partial charge in [-0.15, -0.1) is 0 Å². The van der Waals surface area contributed by atoms with E-state index in [9.17, 15) is 22.0 Å². The molecule has 0 bridgehead atoms. The van der Waals surface area contributed by atoms with Crippen molar-refractivity contribution in [3.63, 3.8) is 0 Å². The molecule has 0 saturated carbocycles. The van der Waals surface area contributed by atoms with Crippen molar-refractivity contribution in [2.75, 3.05) is 13.1 Å². The van der Waals surface area contributed by atoms with Crippen LogP contribution in [0.25, 0.3) is 10.2 Å². The average Bonchev–Trinajstić information content (AvgIpc) is 3.17. The Morgan fingerprint density at radius 1 is 1.18 bits per heavy atom. The molecule has 0 unspecified atom stereocenters. The Kier molecular flexibility index (Phi) is 6.67. The Hall–Kier alpha value is -2.59. The molecule has 0 aliphatic carbocycles. The predicted octanol–water partition coefficient (Wildman–Crippen LogP) is 4.37. The summed E-state index contributed by atoms with van der Waals surface area (Å²) >= 11 is 1.10. The van der Waals surface area contributed by atoms with E-state index >= 15 is 0 Å². The first kappa shape index (κ1) is 23.6. The second-order valence-electron chi connectivity index (χ2n) is 8.33. The summed E-state index contributed by atoms with van der Waals surface area (Å²) in [7, 11) is -3.34. The van der Waals surface area contributed by atoms with Gasteiger partial charge >= 0.3 is 0 Å². The summed E-state index contributed by atoms with van der Waals surface area (Å²) in [6.07, 6.45) is 1.23. The number of piperidine rings is 1. The monoisotopic (exact) mass is 494 g/mol. The fourth-order valence-corrected chi connectivity index (χ4v) is 5.69. The minimum atomic E-state index is -3.34. The van der Waals surface area contributed by atoms with Crippen LogP contribution in [0.15, 0.2) is 41.3 Å². The van der Waals surface area contributed by atoms with E-state index in [2.05, 4.69) is 4.98 Å². The number of sulfone groups is 1. The maximum absolute atomic E-state index is 13.8. The molecule has 1 fully saturated rings. The Labute approximate surface area is 195 Å². The summed E-state index contributed by atoms with van der Waals surface area (Å²) < 4.78 is 57.9. The van der Waals surface area contributed by atoms with Crippen molar-refractivity contribution >= 4 is 37.3 Å². The number of hydrogen-bond donors (Lipinski definition) is 0. The molecule has 1 aromatic heterocycles. The zero-order chi connectivity index (χ0) is 23.8. The van der Waals surface area contributed by atoms with Crippen LogP contribution in [0.5, 0.6) is 5.19 Å². The van der Waals surface area contributed by atoms with Gasteiger partial charge in [-0.2, -0.15) is 4.98 Å². The van der Waals surface area contributed by atoms with Gasteiger partial charge in [-0.25, -0.2) is 17.2 Å². The van der Waals surface area contributed by atoms with E-state index in [0.717, 1.165) is 23.0 Å². The molecule has 1 saturated heterocycles. The van der Waals surface area contributed by atoms with Crippen LogP contribution in [-0.2, 0) is 21.1 Å². The molecular formula is C23H24F2N2O4S2. The lowest BCUT2D eigenvalue weighted by molar-refractivity contribution is -0.132. The Bertz CT molecular complexity index is 1270. The number of thiazole rings is 1. The van der Waals surface area contributed by atoms with E-state index in [1.165, 1.54) is 6.07 Å². The fraction of sp³-hybridized carbons (Fsp3) is 0.391. The van der Waals surface area contributed by atoms with Gasteiger partial charge in [-0.05, 0) is 37.6 Å². The van der Waals surface area contributed by atoms with E-state index in [0.29, 0.717) is 30.6 Å². The van der Waals surface area contributed by atoms with E-state index in [1.54, 1.807) is 43.0 Å². The number of carbonyl (C=O) groups is 1. The Morgan fingerprint density at radius 2 is 1.85 bits per heavy atom. The molecule has 1 amide bonds. The van der Waals surface area contributed by atoms with Crippen molar-refractivity contribution in [3.8, 4) is 5.19 Å². The number of halogens is 2. The van der Waals surface area contributed by atoms with Crippen LogP contribution in [-0.4, -0.2) is 48.7 Å². The van der Waals surface area contributed by atoms with Gasteiger partial charge in [0.25, 0.3) is 5.19 Å². The summed E-state index contributed by atoms with van der Waals surface area (Å²) in [6, 6.07) is 8.48. The second kappa shape index (κ2) is 9.34. The molecular weight excluding hydrogens is 470 g/mol. The third kappa shape index (κ3) is 5.16. The number of amides is 1. The van der Waals surface area contributed by atoms with Gasteiger partial charge in [-0.1, -0.05) is 23.5 Å². The number of likely N-dealkylation sites (tertiary alicyclic amines) is 1. The first-order valence-electron chi connectivity index (χ1n) is 10.7. The zero-order valence-corrected chi connectivity index (χ0v) is 19.9. The molecule has 0 atom stereocenters. The van der Waals surface area contributed by atoms with E-state index in [1.807, 2.05) is 0 Å². The van der Waals surface area contributed by atoms with Crippen LogP contribution >= 0.6 is 11.3 Å². The van der Waals surface area contributed by atoms with Gasteiger partial charge in [0, 0.05) is 32.0 Å². The average molecular weight is 495 g/mol. The minimum absolute atomic E-state index is 0.0366. The number of rotatable bonds is 6. The largest absolute Gasteiger partial charge is 0.467 e. The van der Waals surface area contributed by atoms with Gasteiger partial charge < -0.3 is 9.64 Å². The van der Waals surface area contributed by atoms with Crippen LogP contribution in [0, 0.1) is 11.6 Å². The van der Waals surface area contributed by atoms with E-state index in [4.69, 9.17) is 4.74 Å². The molecule has 6 nitrogen and oxygen atoms in total. The highest BCUT2D eigenvalue weighted by Crippen LogP contribution is 2.32. The molecule has 4 rings (SSSR count). The smallest absolute Gasteiger partial charge is 0.274 e. The second-order valence-corrected chi connectivity index (χ2v) is 11.8. The standard InChI is InChI=1S/C23H24F2N2O4S2/c1-14(2)33(29,30)18-5-3-15(4-6-18)11-21(28)27-9-7-17(8-10-27)31-23-26-22-19(25)12-16(24)13-20(22)32-23/h3-6,12-14,17H,7-11H2,1-2H3. The van der Waals surface area contributed by atoms with Crippen LogP contribution in [0.3, 0.4) is 0 Å². The van der Waals surface area contributed by atoms with Crippen molar-refractivity contribution in [1.29, 1.82) is 0 Å². The highest BCUT2D eigenvalue weighted by molar-refractivity contribution is 7.92. The molecule has 176 valence electrons. The number of fused-ring (bicyclic) bond motifs is 1. The Balaban J connectivity index is 1.31. The fourth-order valence-electron chi connectivity index (χ4n) is 3.71. The number of aromatic nitrogens is 1. The van der Waals surface area contributed by atoms with Crippen molar-refractivity contribution in [2.24, 2.45) is 0 Å². The quantitative estimate of drug-likeness (QED) is 0.509. The van der Waals surface area contributed by atoms with Gasteiger partial charge in [0.05, 0.1) is 21.3 Å². The van der Waals surface area contributed by atoms with E-state index in [-0.39, 0.29) is 34.0 Å². The zero-order valence-electron chi connectivity index (χ0n) is 18.3. The number of carbonyl (C=O) groups excluding carboxylic acids is 1.